The topological polar surface area (TPSA) is 66.4 Å². The van der Waals surface area contributed by atoms with Gasteiger partial charge in [0.25, 0.3) is 0 Å². The second-order valence-electron chi connectivity index (χ2n) is 4.34. The van der Waals surface area contributed by atoms with E-state index in [2.05, 4.69) is 5.32 Å². The molecule has 0 saturated carbocycles. The monoisotopic (exact) mass is 269 g/mol. The van der Waals surface area contributed by atoms with E-state index in [1.807, 2.05) is 42.5 Å². The summed E-state index contributed by atoms with van der Waals surface area (Å²) in [5.74, 6) is -1.22. The number of carboxylic acids is 1. The van der Waals surface area contributed by atoms with Crippen molar-refractivity contribution in [3.8, 4) is 0 Å². The second-order valence-corrected chi connectivity index (χ2v) is 4.34. The van der Waals surface area contributed by atoms with Gasteiger partial charge in [-0.3, -0.25) is 9.59 Å². The first kappa shape index (κ1) is 13.8. The molecule has 2 aromatic carbocycles. The molecule has 0 atom stereocenters. The van der Waals surface area contributed by atoms with Crippen LogP contribution in [0.5, 0.6) is 0 Å². The molecule has 2 aromatic rings. The third kappa shape index (κ3) is 3.68. The molecular formula is C16H15NO3. The van der Waals surface area contributed by atoms with E-state index in [0.29, 0.717) is 0 Å². The Morgan fingerprint density at radius 3 is 2.65 bits per heavy atom. The van der Waals surface area contributed by atoms with Crippen LogP contribution in [0.3, 0.4) is 0 Å². The Labute approximate surface area is 116 Å². The SMILES string of the molecule is O=C(O)CCNC(=O)/C=C/c1cccc2ccccc12. The maximum absolute atomic E-state index is 11.5. The molecule has 0 aromatic heterocycles. The van der Waals surface area contributed by atoms with E-state index in [0.717, 1.165) is 16.3 Å². The summed E-state index contributed by atoms with van der Waals surface area (Å²) in [5.41, 5.74) is 0.955. The summed E-state index contributed by atoms with van der Waals surface area (Å²) in [6, 6.07) is 13.8. The predicted octanol–water partition coefficient (Wildman–Crippen LogP) is 2.44. The summed E-state index contributed by atoms with van der Waals surface area (Å²) >= 11 is 0. The standard InChI is InChI=1S/C16H15NO3/c18-15(17-11-10-16(19)20)9-8-13-6-3-5-12-4-1-2-7-14(12)13/h1-9H,10-11H2,(H,17,18)(H,19,20)/b9-8+. The Balaban J connectivity index is 2.06. The number of nitrogens with one attached hydrogen (secondary N) is 1. The minimum absolute atomic E-state index is 0.0755. The molecule has 2 rings (SSSR count). The van der Waals surface area contributed by atoms with Crippen molar-refractivity contribution in [2.45, 2.75) is 6.42 Å². The lowest BCUT2D eigenvalue weighted by Crippen LogP contribution is -2.23. The molecule has 4 heteroatoms. The van der Waals surface area contributed by atoms with Gasteiger partial charge in [-0.25, -0.2) is 0 Å². The van der Waals surface area contributed by atoms with Crippen LogP contribution in [-0.2, 0) is 9.59 Å². The highest BCUT2D eigenvalue weighted by molar-refractivity contribution is 5.96. The quantitative estimate of drug-likeness (QED) is 0.819. The summed E-state index contributed by atoms with van der Waals surface area (Å²) in [6.45, 7) is 0.133. The van der Waals surface area contributed by atoms with E-state index in [-0.39, 0.29) is 18.9 Å². The summed E-state index contributed by atoms with van der Waals surface area (Å²) in [7, 11) is 0. The average molecular weight is 269 g/mol. The molecule has 20 heavy (non-hydrogen) atoms. The minimum atomic E-state index is -0.927. The highest BCUT2D eigenvalue weighted by Gasteiger charge is 2.00. The first-order valence-electron chi connectivity index (χ1n) is 6.32. The van der Waals surface area contributed by atoms with E-state index in [1.54, 1.807) is 6.08 Å². The van der Waals surface area contributed by atoms with Gasteiger partial charge in [-0.15, -0.1) is 0 Å². The van der Waals surface area contributed by atoms with Gasteiger partial charge in [0.1, 0.15) is 0 Å². The molecular weight excluding hydrogens is 254 g/mol. The smallest absolute Gasteiger partial charge is 0.305 e. The number of aliphatic carboxylic acids is 1. The summed E-state index contributed by atoms with van der Waals surface area (Å²) in [5, 5.41) is 13.2. The fraction of sp³-hybridized carbons (Fsp3) is 0.125. The molecule has 0 bridgehead atoms. The van der Waals surface area contributed by atoms with Crippen LogP contribution in [0.1, 0.15) is 12.0 Å². The molecule has 0 aliphatic carbocycles. The normalized spacial score (nSPS) is 10.8. The average Bonchev–Trinajstić information content (AvgIpc) is 2.44. The number of rotatable bonds is 5. The molecule has 1 amide bonds. The van der Waals surface area contributed by atoms with Crippen LogP contribution >= 0.6 is 0 Å². The Morgan fingerprint density at radius 2 is 1.85 bits per heavy atom. The molecule has 4 nitrogen and oxygen atoms in total. The van der Waals surface area contributed by atoms with Crippen LogP contribution in [0, 0.1) is 0 Å². The van der Waals surface area contributed by atoms with Crippen molar-refractivity contribution in [3.63, 3.8) is 0 Å². The molecule has 0 aliphatic rings. The molecule has 0 fully saturated rings. The third-order valence-corrected chi connectivity index (χ3v) is 2.88. The fourth-order valence-electron chi connectivity index (χ4n) is 1.91. The van der Waals surface area contributed by atoms with E-state index < -0.39 is 5.97 Å². The number of hydrogen-bond donors (Lipinski definition) is 2. The molecule has 0 spiro atoms. The maximum Gasteiger partial charge on any atom is 0.305 e. The number of amides is 1. The Bertz CT molecular complexity index is 656. The molecule has 0 heterocycles. The zero-order valence-electron chi connectivity index (χ0n) is 10.9. The van der Waals surface area contributed by atoms with Crippen LogP contribution in [0.25, 0.3) is 16.8 Å². The van der Waals surface area contributed by atoms with Crippen molar-refractivity contribution < 1.29 is 14.7 Å². The predicted molar refractivity (Wildman–Crippen MR) is 78.2 cm³/mol. The Hall–Kier alpha value is -2.62. The zero-order valence-corrected chi connectivity index (χ0v) is 10.9. The van der Waals surface area contributed by atoms with Crippen molar-refractivity contribution in [1.29, 1.82) is 0 Å². The van der Waals surface area contributed by atoms with Crippen LogP contribution in [0.4, 0.5) is 0 Å². The zero-order chi connectivity index (χ0) is 14.4. The van der Waals surface area contributed by atoms with Gasteiger partial charge >= 0.3 is 5.97 Å². The van der Waals surface area contributed by atoms with E-state index in [9.17, 15) is 9.59 Å². The number of carbonyl (C=O) groups excluding carboxylic acids is 1. The van der Waals surface area contributed by atoms with Crippen molar-refractivity contribution in [3.05, 3.63) is 54.1 Å². The Morgan fingerprint density at radius 1 is 1.10 bits per heavy atom. The van der Waals surface area contributed by atoms with Crippen molar-refractivity contribution in [2.24, 2.45) is 0 Å². The molecule has 2 N–H and O–H groups in total. The molecule has 0 radical (unpaired) electrons. The van der Waals surface area contributed by atoms with E-state index >= 15 is 0 Å². The highest BCUT2D eigenvalue weighted by atomic mass is 16.4. The Kier molecular flexibility index (Phi) is 4.50. The van der Waals surface area contributed by atoms with Crippen LogP contribution in [0.15, 0.2) is 48.5 Å². The number of fused-ring (bicyclic) bond motifs is 1. The lowest BCUT2D eigenvalue weighted by molar-refractivity contribution is -0.136. The lowest BCUT2D eigenvalue weighted by Gasteiger charge is -2.02. The van der Waals surface area contributed by atoms with Crippen LogP contribution in [-0.4, -0.2) is 23.5 Å². The van der Waals surface area contributed by atoms with Crippen LogP contribution in [0.2, 0.25) is 0 Å². The van der Waals surface area contributed by atoms with Gasteiger partial charge < -0.3 is 10.4 Å². The highest BCUT2D eigenvalue weighted by Crippen LogP contribution is 2.19. The summed E-state index contributed by atoms with van der Waals surface area (Å²) < 4.78 is 0. The van der Waals surface area contributed by atoms with Gasteiger partial charge in [0.05, 0.1) is 6.42 Å². The summed E-state index contributed by atoms with van der Waals surface area (Å²) in [6.07, 6.45) is 3.08. The number of carbonyl (C=O) groups is 2. The third-order valence-electron chi connectivity index (χ3n) is 2.88. The van der Waals surface area contributed by atoms with Gasteiger partial charge in [-0.05, 0) is 22.4 Å². The fourth-order valence-corrected chi connectivity index (χ4v) is 1.91. The lowest BCUT2D eigenvalue weighted by atomic mass is 10.0. The van der Waals surface area contributed by atoms with Gasteiger partial charge in [0.15, 0.2) is 0 Å². The number of hydrogen-bond acceptors (Lipinski definition) is 2. The number of benzene rings is 2. The molecule has 102 valence electrons. The van der Waals surface area contributed by atoms with Gasteiger partial charge in [-0.2, -0.15) is 0 Å². The maximum atomic E-state index is 11.5. The molecule has 0 aliphatic heterocycles. The molecule has 0 saturated heterocycles. The van der Waals surface area contributed by atoms with Crippen LogP contribution < -0.4 is 5.32 Å². The largest absolute Gasteiger partial charge is 0.481 e. The first-order valence-corrected chi connectivity index (χ1v) is 6.32. The van der Waals surface area contributed by atoms with Crippen molar-refractivity contribution in [1.82, 2.24) is 5.32 Å². The second kappa shape index (κ2) is 6.52. The van der Waals surface area contributed by atoms with Gasteiger partial charge in [0.2, 0.25) is 5.91 Å². The molecule has 0 unspecified atom stereocenters. The van der Waals surface area contributed by atoms with E-state index in [1.165, 1.54) is 6.08 Å². The summed E-state index contributed by atoms with van der Waals surface area (Å²) in [4.78, 5) is 21.9. The number of carboxylic acid groups (broad SMARTS) is 1. The van der Waals surface area contributed by atoms with Gasteiger partial charge in [-0.1, -0.05) is 42.5 Å². The van der Waals surface area contributed by atoms with Crippen molar-refractivity contribution in [2.75, 3.05) is 6.54 Å². The first-order chi connectivity index (χ1) is 9.66. The van der Waals surface area contributed by atoms with Gasteiger partial charge in [0, 0.05) is 12.6 Å². The van der Waals surface area contributed by atoms with Crippen molar-refractivity contribution >= 4 is 28.7 Å². The van der Waals surface area contributed by atoms with E-state index in [4.69, 9.17) is 5.11 Å². The minimum Gasteiger partial charge on any atom is -0.481 e.